The van der Waals surface area contributed by atoms with Crippen molar-refractivity contribution in [2.75, 3.05) is 0 Å². The maximum Gasteiger partial charge on any atom is 0.163 e. The molecular formula is C14H8BrCl2N3. The average molecular weight is 369 g/mol. The number of nitrogens with zero attached hydrogens (tertiary/aromatic N) is 3. The summed E-state index contributed by atoms with van der Waals surface area (Å²) < 4.78 is 0.500. The van der Waals surface area contributed by atoms with Gasteiger partial charge in [-0.05, 0) is 35.0 Å². The first-order valence-corrected chi connectivity index (χ1v) is 7.36. The van der Waals surface area contributed by atoms with Gasteiger partial charge >= 0.3 is 0 Å². The summed E-state index contributed by atoms with van der Waals surface area (Å²) in [5, 5.41) is 1.55. The Morgan fingerprint density at radius 3 is 2.35 bits per heavy atom. The molecule has 0 fully saturated rings. The van der Waals surface area contributed by atoms with Crippen molar-refractivity contribution < 1.29 is 0 Å². The first-order chi connectivity index (χ1) is 9.56. The highest BCUT2D eigenvalue weighted by atomic mass is 79.9. The molecule has 0 spiro atoms. The molecule has 0 saturated carbocycles. The lowest BCUT2D eigenvalue weighted by molar-refractivity contribution is 1.15. The highest BCUT2D eigenvalue weighted by molar-refractivity contribution is 9.10. The molecule has 100 valence electrons. The molecule has 0 N–H and O–H groups in total. The molecule has 0 unspecified atom stereocenters. The fourth-order valence-corrected chi connectivity index (χ4v) is 2.57. The van der Waals surface area contributed by atoms with Crippen LogP contribution in [0.2, 0.25) is 10.3 Å². The van der Waals surface area contributed by atoms with Crippen molar-refractivity contribution in [2.24, 2.45) is 0 Å². The molecule has 3 rings (SSSR count). The second-order valence-electron chi connectivity index (χ2n) is 4.27. The first kappa shape index (κ1) is 13.7. The topological polar surface area (TPSA) is 38.7 Å². The third kappa shape index (κ3) is 2.39. The van der Waals surface area contributed by atoms with Crippen LogP contribution < -0.4 is 0 Å². The zero-order chi connectivity index (χ0) is 14.3. The maximum absolute atomic E-state index is 6.06. The van der Waals surface area contributed by atoms with E-state index in [0.29, 0.717) is 20.6 Å². The van der Waals surface area contributed by atoms with E-state index in [-0.39, 0.29) is 0 Å². The molecule has 6 heteroatoms. The molecule has 3 nitrogen and oxygen atoms in total. The second kappa shape index (κ2) is 5.28. The lowest BCUT2D eigenvalue weighted by Gasteiger charge is -2.08. The number of pyridine rings is 1. The predicted molar refractivity (Wildman–Crippen MR) is 85.2 cm³/mol. The molecule has 20 heavy (non-hydrogen) atoms. The lowest BCUT2D eigenvalue weighted by atomic mass is 10.1. The van der Waals surface area contributed by atoms with Crippen molar-refractivity contribution in [1.29, 1.82) is 0 Å². The molecule has 0 amide bonds. The molecule has 3 aromatic rings. The molecule has 1 aromatic carbocycles. The van der Waals surface area contributed by atoms with Crippen LogP contribution in [0.3, 0.4) is 0 Å². The van der Waals surface area contributed by atoms with Gasteiger partial charge in [0.05, 0.1) is 9.99 Å². The number of fused-ring (bicyclic) bond motifs is 1. The number of benzene rings is 1. The van der Waals surface area contributed by atoms with Gasteiger partial charge in [-0.3, -0.25) is 4.98 Å². The summed E-state index contributed by atoms with van der Waals surface area (Å²) in [6.07, 6.45) is 0. The van der Waals surface area contributed by atoms with E-state index in [2.05, 4.69) is 30.9 Å². The van der Waals surface area contributed by atoms with Crippen molar-refractivity contribution in [3.8, 4) is 11.4 Å². The zero-order valence-corrected chi connectivity index (χ0v) is 13.5. The minimum absolute atomic E-state index is 0.290. The summed E-state index contributed by atoms with van der Waals surface area (Å²) in [5.74, 6) is 0.491. The number of hydrogen-bond donors (Lipinski definition) is 0. The molecule has 0 saturated heterocycles. The van der Waals surface area contributed by atoms with Crippen LogP contribution in [0.15, 0.2) is 34.8 Å². The first-order valence-electron chi connectivity index (χ1n) is 5.81. The van der Waals surface area contributed by atoms with Crippen LogP contribution in [0, 0.1) is 6.92 Å². The third-order valence-corrected chi connectivity index (χ3v) is 4.61. The lowest BCUT2D eigenvalue weighted by Crippen LogP contribution is -1.95. The Bertz CT molecular complexity index is 798. The molecular weight excluding hydrogens is 361 g/mol. The van der Waals surface area contributed by atoms with Gasteiger partial charge in [-0.25, -0.2) is 9.97 Å². The number of para-hydroxylation sites is 1. The van der Waals surface area contributed by atoms with Gasteiger partial charge in [0, 0.05) is 16.6 Å². The number of hydrogen-bond acceptors (Lipinski definition) is 3. The van der Waals surface area contributed by atoms with Crippen LogP contribution in [0.1, 0.15) is 5.69 Å². The monoisotopic (exact) mass is 367 g/mol. The minimum Gasteiger partial charge on any atom is -0.253 e. The van der Waals surface area contributed by atoms with E-state index in [0.717, 1.165) is 22.2 Å². The van der Waals surface area contributed by atoms with Gasteiger partial charge in [-0.2, -0.15) is 0 Å². The van der Waals surface area contributed by atoms with E-state index in [1.807, 2.05) is 37.3 Å². The van der Waals surface area contributed by atoms with E-state index >= 15 is 0 Å². The summed E-state index contributed by atoms with van der Waals surface area (Å²) in [5.41, 5.74) is 2.64. The van der Waals surface area contributed by atoms with Crippen LogP contribution in [-0.4, -0.2) is 15.0 Å². The Labute approximate surface area is 134 Å². The number of aryl methyl sites for hydroxylation is 1. The molecule has 0 bridgehead atoms. The van der Waals surface area contributed by atoms with Gasteiger partial charge < -0.3 is 0 Å². The Morgan fingerprint density at radius 1 is 1.00 bits per heavy atom. The summed E-state index contributed by atoms with van der Waals surface area (Å²) in [4.78, 5) is 13.1. The van der Waals surface area contributed by atoms with Crippen molar-refractivity contribution in [1.82, 2.24) is 15.0 Å². The van der Waals surface area contributed by atoms with Gasteiger partial charge in [0.2, 0.25) is 0 Å². The minimum atomic E-state index is 0.290. The fourth-order valence-electron chi connectivity index (χ4n) is 2.01. The Morgan fingerprint density at radius 2 is 1.65 bits per heavy atom. The highest BCUT2D eigenvalue weighted by Gasteiger charge is 2.13. The third-order valence-electron chi connectivity index (χ3n) is 2.86. The van der Waals surface area contributed by atoms with Gasteiger partial charge in [-0.15, -0.1) is 0 Å². The van der Waals surface area contributed by atoms with E-state index < -0.39 is 0 Å². The Balaban J connectivity index is 2.34. The van der Waals surface area contributed by atoms with E-state index in [4.69, 9.17) is 23.2 Å². The van der Waals surface area contributed by atoms with Gasteiger partial charge in [0.15, 0.2) is 5.82 Å². The van der Waals surface area contributed by atoms with Crippen LogP contribution >= 0.6 is 39.1 Å². The average Bonchev–Trinajstić information content (AvgIpc) is 2.43. The van der Waals surface area contributed by atoms with Crippen molar-refractivity contribution in [3.63, 3.8) is 0 Å². The Hall–Kier alpha value is -1.23. The van der Waals surface area contributed by atoms with E-state index in [1.165, 1.54) is 0 Å². The SMILES string of the molecule is Cc1cc(-c2nc(Cl)c(Br)c(Cl)n2)c2ccccc2n1. The molecule has 0 atom stereocenters. The number of aromatic nitrogens is 3. The Kier molecular flexibility index (Phi) is 3.63. The largest absolute Gasteiger partial charge is 0.253 e. The summed E-state index contributed by atoms with van der Waals surface area (Å²) in [6.45, 7) is 1.93. The van der Waals surface area contributed by atoms with E-state index in [9.17, 15) is 0 Å². The second-order valence-corrected chi connectivity index (χ2v) is 5.78. The highest BCUT2D eigenvalue weighted by Crippen LogP contribution is 2.32. The van der Waals surface area contributed by atoms with Crippen molar-refractivity contribution in [2.45, 2.75) is 6.92 Å². The van der Waals surface area contributed by atoms with Gasteiger partial charge in [0.1, 0.15) is 10.3 Å². The van der Waals surface area contributed by atoms with E-state index in [1.54, 1.807) is 0 Å². The number of rotatable bonds is 1. The van der Waals surface area contributed by atoms with Crippen LogP contribution in [0.4, 0.5) is 0 Å². The summed E-state index contributed by atoms with van der Waals surface area (Å²) >= 11 is 15.4. The van der Waals surface area contributed by atoms with Gasteiger partial charge in [-0.1, -0.05) is 41.4 Å². The predicted octanol–water partition coefficient (Wildman–Crippen LogP) is 5.07. The number of halogens is 3. The molecule has 0 radical (unpaired) electrons. The summed E-state index contributed by atoms with van der Waals surface area (Å²) in [7, 11) is 0. The van der Waals surface area contributed by atoms with Crippen LogP contribution in [0.25, 0.3) is 22.3 Å². The fraction of sp³-hybridized carbons (Fsp3) is 0.0714. The standard InChI is InChI=1S/C14H8BrCl2N3/c1-7-6-9(8-4-2-3-5-10(8)18-7)14-19-12(16)11(15)13(17)20-14/h2-6H,1H3. The van der Waals surface area contributed by atoms with Crippen molar-refractivity contribution >= 4 is 50.0 Å². The zero-order valence-electron chi connectivity index (χ0n) is 10.4. The normalized spacial score (nSPS) is 11.0. The molecule has 2 aromatic heterocycles. The summed E-state index contributed by atoms with van der Waals surface area (Å²) in [6, 6.07) is 9.75. The van der Waals surface area contributed by atoms with Crippen LogP contribution in [0.5, 0.6) is 0 Å². The molecule has 0 aliphatic heterocycles. The quantitative estimate of drug-likeness (QED) is 0.563. The maximum atomic E-state index is 6.06. The van der Waals surface area contributed by atoms with Crippen LogP contribution in [-0.2, 0) is 0 Å². The molecule has 0 aliphatic rings. The molecule has 2 heterocycles. The van der Waals surface area contributed by atoms with Gasteiger partial charge in [0.25, 0.3) is 0 Å². The smallest absolute Gasteiger partial charge is 0.163 e. The molecule has 0 aliphatic carbocycles. The van der Waals surface area contributed by atoms with Crippen molar-refractivity contribution in [3.05, 3.63) is 50.8 Å².